The van der Waals surface area contributed by atoms with Gasteiger partial charge in [-0.1, -0.05) is 6.07 Å². The summed E-state index contributed by atoms with van der Waals surface area (Å²) in [5, 5.41) is 8.74. The van der Waals surface area contributed by atoms with Crippen molar-refractivity contribution < 1.29 is 17.9 Å². The highest BCUT2D eigenvalue weighted by molar-refractivity contribution is 7.89. The molecule has 2 aromatic rings. The van der Waals surface area contributed by atoms with Crippen LogP contribution >= 0.6 is 0 Å². The van der Waals surface area contributed by atoms with Crippen LogP contribution in [0.5, 0.6) is 11.5 Å². The van der Waals surface area contributed by atoms with Gasteiger partial charge in [0.05, 0.1) is 30.7 Å². The van der Waals surface area contributed by atoms with Crippen molar-refractivity contribution in [3.8, 4) is 17.6 Å². The van der Waals surface area contributed by atoms with Gasteiger partial charge in [0.15, 0.2) is 11.5 Å². The second kappa shape index (κ2) is 7.81. The monoisotopic (exact) mass is 346 g/mol. The van der Waals surface area contributed by atoms with Crippen molar-refractivity contribution in [2.75, 3.05) is 20.8 Å². The normalized spacial score (nSPS) is 10.9. The van der Waals surface area contributed by atoms with Crippen LogP contribution in [0.25, 0.3) is 0 Å². The first-order chi connectivity index (χ1) is 11.5. The first kappa shape index (κ1) is 17.8. The Kier molecular flexibility index (Phi) is 5.79. The van der Waals surface area contributed by atoms with Crippen molar-refractivity contribution in [1.29, 1.82) is 5.26 Å². The molecule has 126 valence electrons. The van der Waals surface area contributed by atoms with Crippen LogP contribution in [0.15, 0.2) is 47.4 Å². The quantitative estimate of drug-likeness (QED) is 0.829. The van der Waals surface area contributed by atoms with Crippen molar-refractivity contribution in [2.24, 2.45) is 0 Å². The summed E-state index contributed by atoms with van der Waals surface area (Å²) in [6.45, 7) is 0.248. The second-order valence-electron chi connectivity index (χ2n) is 4.97. The molecule has 2 rings (SSSR count). The zero-order chi connectivity index (χ0) is 17.6. The van der Waals surface area contributed by atoms with E-state index < -0.39 is 10.0 Å². The van der Waals surface area contributed by atoms with E-state index in [2.05, 4.69) is 4.72 Å². The molecule has 0 spiro atoms. The molecule has 0 radical (unpaired) electrons. The predicted octanol–water partition coefficient (Wildman–Crippen LogP) is 2.10. The van der Waals surface area contributed by atoms with E-state index in [-0.39, 0.29) is 11.4 Å². The van der Waals surface area contributed by atoms with E-state index in [0.29, 0.717) is 23.5 Å². The number of nitrogens with one attached hydrogen (secondary N) is 1. The number of nitrogens with zero attached hydrogens (tertiary/aromatic N) is 1. The zero-order valence-electron chi connectivity index (χ0n) is 13.4. The molecule has 0 aliphatic carbocycles. The number of ether oxygens (including phenoxy) is 2. The van der Waals surface area contributed by atoms with Crippen LogP contribution in [-0.4, -0.2) is 29.2 Å². The summed E-state index contributed by atoms with van der Waals surface area (Å²) in [7, 11) is -0.490. The lowest BCUT2D eigenvalue weighted by Gasteiger charge is -2.10. The average molecular weight is 346 g/mol. The fourth-order valence-electron chi connectivity index (χ4n) is 2.16. The van der Waals surface area contributed by atoms with Crippen molar-refractivity contribution >= 4 is 10.0 Å². The molecule has 0 atom stereocenters. The molecule has 0 saturated heterocycles. The minimum atomic E-state index is -3.60. The first-order valence-electron chi connectivity index (χ1n) is 7.21. The molecule has 0 saturated carbocycles. The molecular weight excluding hydrogens is 328 g/mol. The molecule has 0 fully saturated rings. The smallest absolute Gasteiger partial charge is 0.240 e. The van der Waals surface area contributed by atoms with Gasteiger partial charge in [0, 0.05) is 6.54 Å². The molecule has 1 N–H and O–H groups in total. The van der Waals surface area contributed by atoms with Gasteiger partial charge in [-0.3, -0.25) is 0 Å². The molecular formula is C17H18N2O4S. The van der Waals surface area contributed by atoms with Gasteiger partial charge in [-0.05, 0) is 48.4 Å². The van der Waals surface area contributed by atoms with Gasteiger partial charge < -0.3 is 9.47 Å². The summed E-state index contributed by atoms with van der Waals surface area (Å²) >= 11 is 0. The number of hydrogen-bond acceptors (Lipinski definition) is 5. The van der Waals surface area contributed by atoms with Gasteiger partial charge >= 0.3 is 0 Å². The van der Waals surface area contributed by atoms with E-state index >= 15 is 0 Å². The van der Waals surface area contributed by atoms with Crippen molar-refractivity contribution in [2.45, 2.75) is 11.3 Å². The van der Waals surface area contributed by atoms with E-state index in [1.165, 1.54) is 24.3 Å². The van der Waals surface area contributed by atoms with Gasteiger partial charge in [0.2, 0.25) is 10.0 Å². The summed E-state index contributed by atoms with van der Waals surface area (Å²) in [5.41, 5.74) is 1.34. The number of benzene rings is 2. The molecule has 0 aromatic heterocycles. The Morgan fingerprint density at radius 2 is 1.71 bits per heavy atom. The summed E-state index contributed by atoms with van der Waals surface area (Å²) in [5.74, 6) is 1.23. The van der Waals surface area contributed by atoms with Gasteiger partial charge in [-0.15, -0.1) is 0 Å². The SMILES string of the molecule is COc1ccc(CCNS(=O)(=O)c2ccc(C#N)cc2)cc1OC. The average Bonchev–Trinajstić information content (AvgIpc) is 2.61. The lowest BCUT2D eigenvalue weighted by Crippen LogP contribution is -2.26. The zero-order valence-corrected chi connectivity index (χ0v) is 14.3. The maximum absolute atomic E-state index is 12.2. The highest BCUT2D eigenvalue weighted by Gasteiger charge is 2.13. The van der Waals surface area contributed by atoms with Crippen molar-refractivity contribution in [1.82, 2.24) is 4.72 Å². The predicted molar refractivity (Wildman–Crippen MR) is 89.6 cm³/mol. The molecule has 24 heavy (non-hydrogen) atoms. The maximum atomic E-state index is 12.2. The minimum Gasteiger partial charge on any atom is -0.493 e. The van der Waals surface area contributed by atoms with Crippen LogP contribution in [0.2, 0.25) is 0 Å². The number of methoxy groups -OCH3 is 2. The standard InChI is InChI=1S/C17H18N2O4S/c1-22-16-8-5-13(11-17(16)23-2)9-10-19-24(20,21)15-6-3-14(12-18)4-7-15/h3-8,11,19H,9-10H2,1-2H3. The van der Waals surface area contributed by atoms with Crippen LogP contribution in [0.1, 0.15) is 11.1 Å². The molecule has 0 bridgehead atoms. The molecule has 0 aliphatic rings. The highest BCUT2D eigenvalue weighted by atomic mass is 32.2. The van der Waals surface area contributed by atoms with Crippen molar-refractivity contribution in [3.05, 3.63) is 53.6 Å². The van der Waals surface area contributed by atoms with E-state index in [1.54, 1.807) is 20.3 Å². The van der Waals surface area contributed by atoms with Gasteiger partial charge in [0.25, 0.3) is 0 Å². The van der Waals surface area contributed by atoms with Gasteiger partial charge in [-0.2, -0.15) is 5.26 Å². The van der Waals surface area contributed by atoms with Crippen LogP contribution in [0.3, 0.4) is 0 Å². The summed E-state index contributed by atoms with van der Waals surface area (Å²) < 4.78 is 37.4. The summed E-state index contributed by atoms with van der Waals surface area (Å²) in [6, 6.07) is 13.2. The molecule has 7 heteroatoms. The largest absolute Gasteiger partial charge is 0.493 e. The van der Waals surface area contributed by atoms with E-state index in [4.69, 9.17) is 14.7 Å². The third-order valence-electron chi connectivity index (χ3n) is 3.45. The third-order valence-corrected chi connectivity index (χ3v) is 4.92. The maximum Gasteiger partial charge on any atom is 0.240 e. The Balaban J connectivity index is 2.01. The van der Waals surface area contributed by atoms with Gasteiger partial charge in [-0.25, -0.2) is 13.1 Å². The topological polar surface area (TPSA) is 88.4 Å². The Morgan fingerprint density at radius 1 is 1.04 bits per heavy atom. The van der Waals surface area contributed by atoms with Crippen LogP contribution in [0, 0.1) is 11.3 Å². The van der Waals surface area contributed by atoms with Crippen LogP contribution < -0.4 is 14.2 Å². The Morgan fingerprint density at radius 3 is 2.29 bits per heavy atom. The summed E-state index contributed by atoms with van der Waals surface area (Å²) in [6.07, 6.45) is 0.510. The minimum absolute atomic E-state index is 0.133. The molecule has 0 amide bonds. The lowest BCUT2D eigenvalue weighted by molar-refractivity contribution is 0.354. The number of rotatable bonds is 7. The van der Waals surface area contributed by atoms with Crippen LogP contribution in [0.4, 0.5) is 0 Å². The summed E-state index contributed by atoms with van der Waals surface area (Å²) in [4.78, 5) is 0.133. The van der Waals surface area contributed by atoms with E-state index in [9.17, 15) is 8.42 Å². The first-order valence-corrected chi connectivity index (χ1v) is 8.69. The Labute approximate surface area is 141 Å². The number of nitriles is 1. The van der Waals surface area contributed by atoms with Crippen LogP contribution in [-0.2, 0) is 16.4 Å². The third kappa shape index (κ3) is 4.25. The number of sulfonamides is 1. The van der Waals surface area contributed by atoms with E-state index in [0.717, 1.165) is 5.56 Å². The Bertz CT molecular complexity index is 840. The van der Waals surface area contributed by atoms with Crippen molar-refractivity contribution in [3.63, 3.8) is 0 Å². The fraction of sp³-hybridized carbons (Fsp3) is 0.235. The van der Waals surface area contributed by atoms with E-state index in [1.807, 2.05) is 18.2 Å². The Hall–Kier alpha value is -2.56. The molecule has 0 aliphatic heterocycles. The molecule has 0 heterocycles. The molecule has 2 aromatic carbocycles. The highest BCUT2D eigenvalue weighted by Crippen LogP contribution is 2.27. The van der Waals surface area contributed by atoms with Gasteiger partial charge in [0.1, 0.15) is 0 Å². The molecule has 0 unspecified atom stereocenters. The molecule has 6 nitrogen and oxygen atoms in total. The lowest BCUT2D eigenvalue weighted by atomic mass is 10.1. The fourth-order valence-corrected chi connectivity index (χ4v) is 3.19. The second-order valence-corrected chi connectivity index (χ2v) is 6.74. The number of hydrogen-bond donors (Lipinski definition) is 1.